The molecular weight excluding hydrogens is 302 g/mol. The predicted octanol–water partition coefficient (Wildman–Crippen LogP) is 1.41. The number of carbonyl (C=O) groups is 1. The van der Waals surface area contributed by atoms with Crippen molar-refractivity contribution in [2.75, 3.05) is 12.4 Å². The molecule has 0 amide bonds. The van der Waals surface area contributed by atoms with E-state index in [4.69, 9.17) is 10.5 Å². The van der Waals surface area contributed by atoms with Gasteiger partial charge in [0.1, 0.15) is 5.54 Å². The van der Waals surface area contributed by atoms with Gasteiger partial charge >= 0.3 is 5.97 Å². The zero-order valence-electron chi connectivity index (χ0n) is 13.2. The van der Waals surface area contributed by atoms with E-state index in [0.717, 1.165) is 17.5 Å². The zero-order valence-corrected chi connectivity index (χ0v) is 14.0. The van der Waals surface area contributed by atoms with E-state index in [9.17, 15) is 13.2 Å². The van der Waals surface area contributed by atoms with Crippen molar-refractivity contribution in [1.29, 1.82) is 0 Å². The monoisotopic (exact) mass is 325 g/mol. The first kappa shape index (κ1) is 17.0. The zero-order chi connectivity index (χ0) is 16.5. The molecule has 0 unspecified atom stereocenters. The molecule has 0 radical (unpaired) electrons. The van der Waals surface area contributed by atoms with Crippen molar-refractivity contribution in [2.24, 2.45) is 5.73 Å². The fraction of sp³-hybridized carbons (Fsp3) is 0.562. The van der Waals surface area contributed by atoms with Crippen molar-refractivity contribution in [3.63, 3.8) is 0 Å². The first-order valence-corrected chi connectivity index (χ1v) is 9.30. The van der Waals surface area contributed by atoms with E-state index in [-0.39, 0.29) is 12.4 Å². The van der Waals surface area contributed by atoms with Gasteiger partial charge in [-0.05, 0) is 24.5 Å². The van der Waals surface area contributed by atoms with Gasteiger partial charge in [0.25, 0.3) is 0 Å². The van der Waals surface area contributed by atoms with E-state index in [0.29, 0.717) is 0 Å². The van der Waals surface area contributed by atoms with Crippen LogP contribution in [0.25, 0.3) is 0 Å². The van der Waals surface area contributed by atoms with Crippen LogP contribution in [0, 0.1) is 0 Å². The maximum absolute atomic E-state index is 12.3. The van der Waals surface area contributed by atoms with E-state index in [1.54, 1.807) is 13.8 Å². The molecule has 2 rings (SSSR count). The number of ether oxygens (including phenoxy) is 1. The average Bonchev–Trinajstić information content (AvgIpc) is 3.16. The molecule has 1 aromatic carbocycles. The van der Waals surface area contributed by atoms with Gasteiger partial charge in [-0.15, -0.1) is 0 Å². The summed E-state index contributed by atoms with van der Waals surface area (Å²) in [6, 6.07) is 7.59. The SMILES string of the molecule is CCOC(=O)[C@@]1(N)[C@@H](c2ccc(CC)cc2)[C@@H]1S(=O)(=O)CC. The van der Waals surface area contributed by atoms with Crippen LogP contribution in [0.4, 0.5) is 0 Å². The minimum absolute atomic E-state index is 0.0421. The molecule has 1 aliphatic rings. The van der Waals surface area contributed by atoms with Crippen LogP contribution in [-0.4, -0.2) is 37.5 Å². The number of rotatable bonds is 6. The molecule has 2 N–H and O–H groups in total. The van der Waals surface area contributed by atoms with Gasteiger partial charge in [-0.25, -0.2) is 13.2 Å². The highest BCUT2D eigenvalue weighted by Crippen LogP contribution is 2.55. The molecular formula is C16H23NO4S. The quantitative estimate of drug-likeness (QED) is 0.799. The molecule has 5 nitrogen and oxygen atoms in total. The molecule has 122 valence electrons. The van der Waals surface area contributed by atoms with Crippen LogP contribution in [-0.2, 0) is 25.8 Å². The molecule has 0 aliphatic heterocycles. The van der Waals surface area contributed by atoms with Crippen LogP contribution in [0.2, 0.25) is 0 Å². The second kappa shape index (κ2) is 6.01. The Morgan fingerprint density at radius 2 is 1.82 bits per heavy atom. The van der Waals surface area contributed by atoms with Gasteiger partial charge in [-0.3, -0.25) is 0 Å². The summed E-state index contributed by atoms with van der Waals surface area (Å²) in [7, 11) is -3.43. The molecule has 0 bridgehead atoms. The average molecular weight is 325 g/mol. The third-order valence-electron chi connectivity index (χ3n) is 4.34. The summed E-state index contributed by atoms with van der Waals surface area (Å²) in [6.45, 7) is 5.47. The smallest absolute Gasteiger partial charge is 0.328 e. The molecule has 1 fully saturated rings. The number of aryl methyl sites for hydroxylation is 1. The Morgan fingerprint density at radius 3 is 2.27 bits per heavy atom. The normalized spacial score (nSPS) is 27.5. The number of sulfone groups is 1. The van der Waals surface area contributed by atoms with Gasteiger partial charge in [0.05, 0.1) is 11.9 Å². The van der Waals surface area contributed by atoms with Crippen LogP contribution in [0.5, 0.6) is 0 Å². The maximum Gasteiger partial charge on any atom is 0.328 e. The second-order valence-electron chi connectivity index (χ2n) is 5.60. The van der Waals surface area contributed by atoms with Crippen molar-refractivity contribution in [1.82, 2.24) is 0 Å². The van der Waals surface area contributed by atoms with Crippen LogP contribution >= 0.6 is 0 Å². The van der Waals surface area contributed by atoms with E-state index >= 15 is 0 Å². The number of hydrogen-bond acceptors (Lipinski definition) is 5. The standard InChI is InChI=1S/C16H23NO4S/c1-4-11-7-9-12(10-8-11)13-14(22(19,20)6-3)16(13,17)15(18)21-5-2/h7-10,13-14H,4-6,17H2,1-3H3/t13-,14-,16+/m0/s1. The van der Waals surface area contributed by atoms with E-state index in [1.807, 2.05) is 31.2 Å². The third kappa shape index (κ3) is 2.65. The van der Waals surface area contributed by atoms with E-state index in [1.165, 1.54) is 0 Å². The van der Waals surface area contributed by atoms with Crippen LogP contribution in [0.1, 0.15) is 37.8 Å². The van der Waals surface area contributed by atoms with E-state index in [2.05, 4.69) is 0 Å². The summed E-state index contributed by atoms with van der Waals surface area (Å²) in [6.07, 6.45) is 0.896. The van der Waals surface area contributed by atoms with Crippen molar-refractivity contribution < 1.29 is 17.9 Å². The summed E-state index contributed by atoms with van der Waals surface area (Å²) in [5, 5.41) is -0.906. The Labute approximate surface area is 131 Å². The number of nitrogens with two attached hydrogens (primary N) is 1. The van der Waals surface area contributed by atoms with Gasteiger partial charge in [0.2, 0.25) is 0 Å². The summed E-state index contributed by atoms with van der Waals surface area (Å²) >= 11 is 0. The molecule has 3 atom stereocenters. The lowest BCUT2D eigenvalue weighted by molar-refractivity contribution is -0.145. The maximum atomic E-state index is 12.3. The minimum Gasteiger partial charge on any atom is -0.465 e. The molecule has 1 saturated carbocycles. The molecule has 0 saturated heterocycles. The molecule has 0 aromatic heterocycles. The molecule has 22 heavy (non-hydrogen) atoms. The lowest BCUT2D eigenvalue weighted by Gasteiger charge is -2.11. The third-order valence-corrected chi connectivity index (χ3v) is 6.59. The molecule has 6 heteroatoms. The van der Waals surface area contributed by atoms with Crippen molar-refractivity contribution in [3.05, 3.63) is 35.4 Å². The highest BCUT2D eigenvalue weighted by Gasteiger charge is 2.74. The van der Waals surface area contributed by atoms with Crippen LogP contribution in [0.3, 0.4) is 0 Å². The Balaban J connectivity index is 2.40. The lowest BCUT2D eigenvalue weighted by Crippen LogP contribution is -2.41. The first-order chi connectivity index (χ1) is 10.3. The van der Waals surface area contributed by atoms with Gasteiger partial charge in [-0.1, -0.05) is 38.1 Å². The fourth-order valence-electron chi connectivity index (χ4n) is 2.97. The highest BCUT2D eigenvalue weighted by molar-refractivity contribution is 7.92. The van der Waals surface area contributed by atoms with E-state index < -0.39 is 32.5 Å². The Morgan fingerprint density at radius 1 is 1.23 bits per heavy atom. The topological polar surface area (TPSA) is 86.5 Å². The largest absolute Gasteiger partial charge is 0.465 e. The summed E-state index contributed by atoms with van der Waals surface area (Å²) < 4.78 is 29.6. The van der Waals surface area contributed by atoms with Gasteiger partial charge in [-0.2, -0.15) is 0 Å². The number of hydrogen-bond donors (Lipinski definition) is 1. The summed E-state index contributed by atoms with van der Waals surface area (Å²) in [5.74, 6) is -1.22. The Hall–Kier alpha value is -1.40. The first-order valence-electron chi connectivity index (χ1n) is 7.59. The summed E-state index contributed by atoms with van der Waals surface area (Å²) in [4.78, 5) is 12.2. The molecule has 0 spiro atoms. The highest BCUT2D eigenvalue weighted by atomic mass is 32.2. The van der Waals surface area contributed by atoms with Crippen LogP contribution < -0.4 is 5.73 Å². The van der Waals surface area contributed by atoms with Gasteiger partial charge in [0, 0.05) is 11.7 Å². The molecule has 1 aromatic rings. The lowest BCUT2D eigenvalue weighted by atomic mass is 10.0. The van der Waals surface area contributed by atoms with Crippen molar-refractivity contribution in [2.45, 2.75) is 43.9 Å². The number of carbonyl (C=O) groups excluding carboxylic acids is 1. The number of benzene rings is 1. The molecule has 1 aliphatic carbocycles. The van der Waals surface area contributed by atoms with Gasteiger partial charge in [0.15, 0.2) is 9.84 Å². The van der Waals surface area contributed by atoms with Crippen molar-refractivity contribution in [3.8, 4) is 0 Å². The van der Waals surface area contributed by atoms with Gasteiger partial charge < -0.3 is 10.5 Å². The Bertz CT molecular complexity index is 653. The Kier molecular flexibility index (Phi) is 4.63. The minimum atomic E-state index is -3.43. The number of esters is 1. The predicted molar refractivity (Wildman–Crippen MR) is 85.4 cm³/mol. The fourth-order valence-corrected chi connectivity index (χ4v) is 4.88. The second-order valence-corrected chi connectivity index (χ2v) is 8.01. The summed E-state index contributed by atoms with van der Waals surface area (Å²) in [5.41, 5.74) is 6.63. The molecule has 0 heterocycles. The van der Waals surface area contributed by atoms with Crippen molar-refractivity contribution >= 4 is 15.8 Å². The van der Waals surface area contributed by atoms with Crippen LogP contribution in [0.15, 0.2) is 24.3 Å².